The van der Waals surface area contributed by atoms with Gasteiger partial charge in [0.15, 0.2) is 5.82 Å². The third kappa shape index (κ3) is 4.41. The second-order valence-corrected chi connectivity index (χ2v) is 9.66. The molecule has 0 spiro atoms. The number of pyridine rings is 1. The molecule has 7 nitrogen and oxygen atoms in total. The van der Waals surface area contributed by atoms with Crippen LogP contribution in [0.2, 0.25) is 0 Å². The maximum Gasteiger partial charge on any atom is 0.410 e. The van der Waals surface area contributed by atoms with Crippen LogP contribution in [-0.2, 0) is 4.74 Å². The molecule has 1 aromatic heterocycles. The Kier molecular flexibility index (Phi) is 5.83. The highest BCUT2D eigenvalue weighted by Gasteiger charge is 2.47. The van der Waals surface area contributed by atoms with Gasteiger partial charge in [0.1, 0.15) is 16.0 Å². The Balaban J connectivity index is 1.54. The summed E-state index contributed by atoms with van der Waals surface area (Å²) in [5.41, 5.74) is 0.0639. The molecule has 10 heteroatoms. The number of hydrogen-bond acceptors (Lipinski definition) is 5. The first-order valence-corrected chi connectivity index (χ1v) is 11.0. The number of ether oxygens (including phenoxy) is 1. The fourth-order valence-corrected chi connectivity index (χ4v) is 4.48. The number of nitrogens with zero attached hydrogens (tertiary/aromatic N) is 3. The van der Waals surface area contributed by atoms with Gasteiger partial charge in [-0.05, 0) is 67.4 Å². The summed E-state index contributed by atoms with van der Waals surface area (Å²) in [5, 5.41) is 2.62. The van der Waals surface area contributed by atoms with Crippen molar-refractivity contribution >= 4 is 39.3 Å². The van der Waals surface area contributed by atoms with Crippen molar-refractivity contribution in [2.75, 3.05) is 23.3 Å². The van der Waals surface area contributed by atoms with Crippen molar-refractivity contribution in [3.63, 3.8) is 0 Å². The number of likely N-dealkylation sites (tertiary alicyclic amines) is 1. The zero-order valence-corrected chi connectivity index (χ0v) is 19.4. The van der Waals surface area contributed by atoms with Crippen LogP contribution in [0.15, 0.2) is 35.1 Å². The first kappa shape index (κ1) is 22.4. The summed E-state index contributed by atoms with van der Waals surface area (Å²) in [6.45, 7) is 6.46. The molecule has 2 aromatic rings. The van der Waals surface area contributed by atoms with Crippen LogP contribution in [0.5, 0.6) is 0 Å². The van der Waals surface area contributed by atoms with Crippen molar-refractivity contribution in [1.29, 1.82) is 0 Å². The molecular weight excluding hydrogens is 486 g/mol. The van der Waals surface area contributed by atoms with Crippen LogP contribution >= 0.6 is 15.9 Å². The van der Waals surface area contributed by atoms with Crippen molar-refractivity contribution < 1.29 is 23.1 Å². The molecule has 2 fully saturated rings. The van der Waals surface area contributed by atoms with E-state index < -0.39 is 23.1 Å². The van der Waals surface area contributed by atoms with E-state index >= 15 is 0 Å². The minimum Gasteiger partial charge on any atom is -0.444 e. The third-order valence-electron chi connectivity index (χ3n) is 5.48. The van der Waals surface area contributed by atoms with Gasteiger partial charge in [-0.1, -0.05) is 0 Å². The molecule has 1 aromatic carbocycles. The number of rotatable bonds is 3. The number of aromatic nitrogens is 1. The Morgan fingerprint density at radius 2 is 1.94 bits per heavy atom. The lowest BCUT2D eigenvalue weighted by atomic mass is 10.1. The van der Waals surface area contributed by atoms with Gasteiger partial charge >= 0.3 is 6.09 Å². The van der Waals surface area contributed by atoms with Crippen molar-refractivity contribution in [2.24, 2.45) is 0 Å². The van der Waals surface area contributed by atoms with E-state index in [1.54, 1.807) is 11.0 Å². The number of hydrogen-bond donors (Lipinski definition) is 1. The van der Waals surface area contributed by atoms with Gasteiger partial charge in [-0.15, -0.1) is 0 Å². The molecule has 170 valence electrons. The average molecular weight is 509 g/mol. The number of amides is 2. The summed E-state index contributed by atoms with van der Waals surface area (Å²) in [6, 6.07) is 5.32. The number of benzene rings is 1. The number of carbonyl (C=O) groups is 2. The third-order valence-corrected chi connectivity index (χ3v) is 6.03. The minimum atomic E-state index is -0.795. The van der Waals surface area contributed by atoms with Gasteiger partial charge in [0.05, 0.1) is 23.0 Å². The monoisotopic (exact) mass is 508 g/mol. The van der Waals surface area contributed by atoms with Gasteiger partial charge in [-0.25, -0.2) is 18.6 Å². The lowest BCUT2D eigenvalue weighted by Crippen LogP contribution is -2.50. The van der Waals surface area contributed by atoms with Gasteiger partial charge in [-0.3, -0.25) is 4.79 Å². The molecule has 0 radical (unpaired) electrons. The van der Waals surface area contributed by atoms with E-state index in [-0.39, 0.29) is 34.0 Å². The molecule has 2 amide bonds. The lowest BCUT2D eigenvalue weighted by molar-refractivity contribution is 0.0214. The Bertz CT molecular complexity index is 1080. The molecule has 1 N–H and O–H groups in total. The molecule has 0 saturated carbocycles. The van der Waals surface area contributed by atoms with Gasteiger partial charge in [0.25, 0.3) is 5.91 Å². The van der Waals surface area contributed by atoms with E-state index in [1.807, 2.05) is 25.7 Å². The fourth-order valence-electron chi connectivity index (χ4n) is 4.15. The van der Waals surface area contributed by atoms with Gasteiger partial charge in [0, 0.05) is 25.3 Å². The first-order chi connectivity index (χ1) is 15.0. The largest absolute Gasteiger partial charge is 0.444 e. The first-order valence-electron chi connectivity index (χ1n) is 10.2. The molecule has 2 aliphatic rings. The average Bonchev–Trinajstić information content (AvgIpc) is 3.30. The van der Waals surface area contributed by atoms with Crippen LogP contribution in [0, 0.1) is 11.6 Å². The predicted molar refractivity (Wildman–Crippen MR) is 119 cm³/mol. The number of nitrogens with one attached hydrogen (secondary N) is 1. The standard InChI is InChI=1S/C22H23BrF2N4O3/c1-22(2,3)32-21(31)29-11-13-9-14(29)10-28(13)17-5-4-12(24)8-16(17)27-20(30)15-6-7-26-19(23)18(15)25/h4-8,13-14H,9-11H2,1-3H3,(H,27,30)/t13-,14?/m1/s1. The Labute approximate surface area is 192 Å². The second-order valence-electron chi connectivity index (χ2n) is 8.91. The molecule has 32 heavy (non-hydrogen) atoms. The summed E-state index contributed by atoms with van der Waals surface area (Å²) < 4.78 is 33.7. The molecule has 3 heterocycles. The van der Waals surface area contributed by atoms with Crippen LogP contribution in [0.1, 0.15) is 37.6 Å². The molecule has 1 unspecified atom stereocenters. The van der Waals surface area contributed by atoms with E-state index in [0.29, 0.717) is 18.8 Å². The van der Waals surface area contributed by atoms with Crippen molar-refractivity contribution in [3.05, 3.63) is 52.3 Å². The van der Waals surface area contributed by atoms with Crippen molar-refractivity contribution in [2.45, 2.75) is 44.9 Å². The normalized spacial score (nSPS) is 19.9. The molecule has 0 aliphatic carbocycles. The second kappa shape index (κ2) is 8.31. The summed E-state index contributed by atoms with van der Waals surface area (Å²) >= 11 is 2.96. The van der Waals surface area contributed by atoms with Crippen LogP contribution in [-0.4, -0.2) is 52.7 Å². The van der Waals surface area contributed by atoms with Crippen molar-refractivity contribution in [3.8, 4) is 0 Å². The van der Waals surface area contributed by atoms with E-state index in [2.05, 4.69) is 26.2 Å². The molecule has 2 saturated heterocycles. The quantitative estimate of drug-likeness (QED) is 0.614. The summed E-state index contributed by atoms with van der Waals surface area (Å²) in [5.74, 6) is -2.03. The predicted octanol–water partition coefficient (Wildman–Crippen LogP) is 4.57. The van der Waals surface area contributed by atoms with E-state index in [9.17, 15) is 18.4 Å². The van der Waals surface area contributed by atoms with Crippen LogP contribution in [0.25, 0.3) is 0 Å². The zero-order chi connectivity index (χ0) is 23.2. The van der Waals surface area contributed by atoms with E-state index in [1.165, 1.54) is 24.4 Å². The summed E-state index contributed by atoms with van der Waals surface area (Å²) in [4.78, 5) is 32.7. The maximum atomic E-state index is 14.3. The molecule has 2 atom stereocenters. The van der Waals surface area contributed by atoms with E-state index in [4.69, 9.17) is 4.74 Å². The Hall–Kier alpha value is -2.75. The zero-order valence-electron chi connectivity index (χ0n) is 17.9. The Morgan fingerprint density at radius 3 is 2.59 bits per heavy atom. The molecule has 4 rings (SSSR count). The topological polar surface area (TPSA) is 74.8 Å². The van der Waals surface area contributed by atoms with Crippen LogP contribution in [0.3, 0.4) is 0 Å². The maximum absolute atomic E-state index is 14.3. The fraction of sp³-hybridized carbons (Fsp3) is 0.409. The summed E-state index contributed by atoms with van der Waals surface area (Å²) in [7, 11) is 0. The molecule has 2 bridgehead atoms. The SMILES string of the molecule is CC(C)(C)OC(=O)N1C[C@H]2CC1CN2c1ccc(F)cc1NC(=O)c1ccnc(Br)c1F. The van der Waals surface area contributed by atoms with E-state index in [0.717, 1.165) is 6.42 Å². The van der Waals surface area contributed by atoms with Crippen molar-refractivity contribution in [1.82, 2.24) is 9.88 Å². The summed E-state index contributed by atoms with van der Waals surface area (Å²) in [6.07, 6.45) is 1.70. The minimum absolute atomic E-state index is 0.000405. The van der Waals surface area contributed by atoms with Gasteiger partial charge in [0.2, 0.25) is 0 Å². The number of carbonyl (C=O) groups excluding carboxylic acids is 2. The number of anilines is 2. The number of fused-ring (bicyclic) bond motifs is 2. The van der Waals surface area contributed by atoms with Crippen LogP contribution < -0.4 is 10.2 Å². The number of halogens is 3. The van der Waals surface area contributed by atoms with Crippen LogP contribution in [0.4, 0.5) is 25.0 Å². The highest BCUT2D eigenvalue weighted by Crippen LogP contribution is 2.39. The lowest BCUT2D eigenvalue weighted by Gasteiger charge is -2.37. The molecular formula is C22H23BrF2N4O3. The van der Waals surface area contributed by atoms with Gasteiger partial charge < -0.3 is 19.9 Å². The Morgan fingerprint density at radius 1 is 1.19 bits per heavy atom. The highest BCUT2D eigenvalue weighted by molar-refractivity contribution is 9.10. The molecule has 2 aliphatic heterocycles. The highest BCUT2D eigenvalue weighted by atomic mass is 79.9. The number of piperazine rings is 1. The van der Waals surface area contributed by atoms with Gasteiger partial charge in [-0.2, -0.15) is 0 Å². The smallest absolute Gasteiger partial charge is 0.410 e.